The summed E-state index contributed by atoms with van der Waals surface area (Å²) in [5.74, 6) is -0.736. The largest absolute Gasteiger partial charge is 2.00 e. The van der Waals surface area contributed by atoms with Crippen LogP contribution in [0.1, 0.15) is 13.8 Å². The van der Waals surface area contributed by atoms with Crippen LogP contribution in [0.25, 0.3) is 11.1 Å². The Morgan fingerprint density at radius 2 is 0.809 bits per heavy atom. The Kier molecular flexibility index (Phi) is 14.2. The monoisotopic (exact) mass is 762 g/mol. The second kappa shape index (κ2) is 18.1. The zero-order valence-electron chi connectivity index (χ0n) is 25.7. The van der Waals surface area contributed by atoms with Gasteiger partial charge in [-0.3, -0.25) is 0 Å². The summed E-state index contributed by atoms with van der Waals surface area (Å²) in [6, 6.07) is 27.7. The van der Waals surface area contributed by atoms with Crippen LogP contribution < -0.4 is 52.3 Å². The molecule has 4 aromatic heterocycles. The molecule has 244 valence electrons. The molecule has 0 spiro atoms. The van der Waals surface area contributed by atoms with Gasteiger partial charge in [0.1, 0.15) is 33.5 Å². The average Bonchev–Trinajstić information content (AvgIpc) is 3.86. The molecule has 4 heterocycles. The van der Waals surface area contributed by atoms with Crippen molar-refractivity contribution < 1.29 is 66.4 Å². The molecule has 0 bridgehead atoms. The molecule has 0 aliphatic rings. The average molecular weight is 762 g/mol. The second-order valence-electron chi connectivity index (χ2n) is 9.17. The Labute approximate surface area is 286 Å². The van der Waals surface area contributed by atoms with E-state index in [1.165, 1.54) is 0 Å². The zero-order chi connectivity index (χ0) is 33.1. The summed E-state index contributed by atoms with van der Waals surface area (Å²) in [7, 11) is 0.993. The summed E-state index contributed by atoms with van der Waals surface area (Å²) in [4.78, 5) is 17.8. The predicted molar refractivity (Wildman–Crippen MR) is 173 cm³/mol. The van der Waals surface area contributed by atoms with E-state index in [1.54, 1.807) is 39.3 Å². The number of methoxy groups -OCH3 is 2. The fourth-order valence-electron chi connectivity index (χ4n) is 4.54. The van der Waals surface area contributed by atoms with E-state index in [0.29, 0.717) is 11.5 Å². The van der Waals surface area contributed by atoms with Crippen LogP contribution in [0.5, 0.6) is 11.5 Å². The van der Waals surface area contributed by atoms with E-state index in [0.717, 1.165) is 57.6 Å². The van der Waals surface area contributed by atoms with Crippen LogP contribution in [0.2, 0.25) is 0 Å². The number of carboxylic acid groups (broad SMARTS) is 2. The van der Waals surface area contributed by atoms with Gasteiger partial charge in [0.25, 0.3) is 0 Å². The van der Waals surface area contributed by atoms with Crippen molar-refractivity contribution in [2.45, 2.75) is 13.8 Å². The third-order valence-corrected chi connectivity index (χ3v) is 10.6. The van der Waals surface area contributed by atoms with E-state index in [4.69, 9.17) is 46.9 Å². The third kappa shape index (κ3) is 9.33. The number of ether oxygens (including phenoxy) is 2. The molecular formula is C34H30O10P2Ru. The van der Waals surface area contributed by atoms with Crippen molar-refractivity contribution in [1.82, 2.24) is 0 Å². The van der Waals surface area contributed by atoms with Crippen molar-refractivity contribution in [3.63, 3.8) is 0 Å². The molecule has 0 unspecified atom stereocenters. The fourth-order valence-corrected chi connectivity index (χ4v) is 8.89. The van der Waals surface area contributed by atoms with E-state index < -0.39 is 27.8 Å². The van der Waals surface area contributed by atoms with Gasteiger partial charge in [-0.2, -0.15) is 0 Å². The van der Waals surface area contributed by atoms with Gasteiger partial charge in [0.15, 0.2) is 0 Å². The van der Waals surface area contributed by atoms with Gasteiger partial charge in [-0.15, -0.1) is 0 Å². The topological polar surface area (TPSA) is 151 Å². The van der Waals surface area contributed by atoms with E-state index in [1.807, 2.05) is 72.8 Å². The maximum Gasteiger partial charge on any atom is 2.00 e. The quantitative estimate of drug-likeness (QED) is 0.159. The van der Waals surface area contributed by atoms with E-state index >= 15 is 0 Å². The number of carbonyl (C=O) groups excluding carboxylic acids is 2. The molecule has 6 aromatic rings. The Hall–Kier alpha value is -4.42. The minimum absolute atomic E-state index is 0. The molecule has 0 saturated heterocycles. The first-order chi connectivity index (χ1) is 22.3. The Morgan fingerprint density at radius 1 is 0.532 bits per heavy atom. The first kappa shape index (κ1) is 37.0. The number of benzene rings is 2. The van der Waals surface area contributed by atoms with E-state index in [-0.39, 0.29) is 19.5 Å². The maximum absolute atomic E-state index is 8.89. The van der Waals surface area contributed by atoms with Crippen molar-refractivity contribution in [3.05, 3.63) is 110 Å². The number of carboxylic acids is 2. The summed E-state index contributed by atoms with van der Waals surface area (Å²) in [6.45, 7) is 1.94. The molecule has 13 heteroatoms. The number of furan rings is 4. The standard InChI is InChI=1S/C30H24O6P2.2C2H4O2.Ru/c1-31-21-9-3-11-23(37(25-13-5-17-33-25)26-14-6-18-34-26)29(21)30-22(32-2)10-4-12-24(30)38(27-15-7-19-35-27)28-16-8-20-36-28;2*1-2(3)4;/h3-20H,1-2H3;2*1H3,(H,3,4);/q;;;+2/p-2. The molecule has 0 aliphatic carbocycles. The Bertz CT molecular complexity index is 1590. The maximum atomic E-state index is 8.89. The zero-order valence-corrected chi connectivity index (χ0v) is 29.2. The molecule has 0 atom stereocenters. The van der Waals surface area contributed by atoms with Crippen molar-refractivity contribution in [2.75, 3.05) is 14.2 Å². The molecule has 2 aromatic carbocycles. The summed E-state index contributed by atoms with van der Waals surface area (Å²) in [5.41, 5.74) is 5.10. The van der Waals surface area contributed by atoms with Crippen LogP contribution in [0.3, 0.4) is 0 Å². The molecule has 0 N–H and O–H groups in total. The van der Waals surface area contributed by atoms with Crippen molar-refractivity contribution in [2.24, 2.45) is 0 Å². The summed E-state index contributed by atoms with van der Waals surface area (Å²) < 4.78 is 35.8. The van der Waals surface area contributed by atoms with Crippen LogP contribution in [0.15, 0.2) is 128 Å². The molecule has 6 rings (SSSR count). The van der Waals surface area contributed by atoms with Gasteiger partial charge in [-0.05, 0) is 74.5 Å². The van der Waals surface area contributed by atoms with Crippen LogP contribution in [0.4, 0.5) is 0 Å². The van der Waals surface area contributed by atoms with E-state index in [9.17, 15) is 0 Å². The van der Waals surface area contributed by atoms with Crippen molar-refractivity contribution in [3.8, 4) is 22.6 Å². The van der Waals surface area contributed by atoms with E-state index in [2.05, 4.69) is 12.1 Å². The molecule has 0 saturated carbocycles. The summed E-state index contributed by atoms with van der Waals surface area (Å²) in [5, 5.41) is 19.8. The van der Waals surface area contributed by atoms with Gasteiger partial charge in [-0.1, -0.05) is 24.3 Å². The van der Waals surface area contributed by atoms with Gasteiger partial charge in [0.2, 0.25) is 0 Å². The molecular weight excluding hydrogens is 731 g/mol. The third-order valence-electron chi connectivity index (χ3n) is 6.09. The molecule has 0 amide bonds. The number of hydrogen-bond donors (Lipinski definition) is 0. The normalized spacial score (nSPS) is 10.3. The first-order valence-electron chi connectivity index (χ1n) is 13.7. The minimum atomic E-state index is -1.19. The Morgan fingerprint density at radius 3 is 1.02 bits per heavy atom. The smallest absolute Gasteiger partial charge is 0.550 e. The summed E-state index contributed by atoms with van der Waals surface area (Å²) >= 11 is 0. The Balaban J connectivity index is 0.000000602. The van der Waals surface area contributed by atoms with Gasteiger partial charge in [0, 0.05) is 33.7 Å². The van der Waals surface area contributed by atoms with Crippen molar-refractivity contribution >= 4 is 60.4 Å². The molecule has 10 nitrogen and oxygen atoms in total. The number of aliphatic carboxylic acids is 2. The second-order valence-corrected chi connectivity index (χ2v) is 13.2. The molecule has 47 heavy (non-hydrogen) atoms. The van der Waals surface area contributed by atoms with Gasteiger partial charge >= 0.3 is 19.5 Å². The van der Waals surface area contributed by atoms with Crippen LogP contribution in [0, 0.1) is 0 Å². The van der Waals surface area contributed by atoms with Crippen LogP contribution in [-0.2, 0) is 29.1 Å². The molecule has 0 aliphatic heterocycles. The number of hydrogen-bond acceptors (Lipinski definition) is 10. The van der Waals surface area contributed by atoms with Gasteiger partial charge in [0.05, 0.1) is 55.1 Å². The van der Waals surface area contributed by atoms with Gasteiger partial charge in [-0.25, -0.2) is 0 Å². The van der Waals surface area contributed by atoms with Gasteiger partial charge < -0.3 is 46.9 Å². The molecule has 0 radical (unpaired) electrons. The minimum Gasteiger partial charge on any atom is -0.550 e. The molecule has 0 fully saturated rings. The predicted octanol–water partition coefficient (Wildman–Crippen LogP) is 2.77. The van der Waals surface area contributed by atoms with Crippen molar-refractivity contribution in [1.29, 1.82) is 0 Å². The summed E-state index contributed by atoms with van der Waals surface area (Å²) in [6.07, 6.45) is 6.76. The first-order valence-corrected chi connectivity index (χ1v) is 16.4. The van der Waals surface area contributed by atoms with Crippen LogP contribution >= 0.6 is 15.8 Å². The van der Waals surface area contributed by atoms with Crippen LogP contribution in [-0.4, -0.2) is 26.2 Å². The fraction of sp³-hybridized carbons (Fsp3) is 0.118. The number of carbonyl (C=O) groups is 2. The number of rotatable bonds is 9. The SMILES string of the molecule is CC(=O)[O-].CC(=O)[O-].COc1cccc(P(c2ccco2)c2ccco2)c1-c1c(OC)cccc1P(c1ccco1)c1ccco1.[Ru+2].